The molecule has 0 spiro atoms. The molecule has 0 saturated carbocycles. The van der Waals surface area contributed by atoms with Crippen molar-refractivity contribution in [2.24, 2.45) is 0 Å². The van der Waals surface area contributed by atoms with Gasteiger partial charge < -0.3 is 4.74 Å². The van der Waals surface area contributed by atoms with Crippen LogP contribution in [0.1, 0.15) is 11.1 Å². The fourth-order valence-electron chi connectivity index (χ4n) is 2.10. The average molecular weight is 328 g/mol. The molecule has 0 N–H and O–H groups in total. The summed E-state index contributed by atoms with van der Waals surface area (Å²) >= 11 is 3.45. The second kappa shape index (κ2) is 6.06. The number of nitrogens with zero attached hydrogens (tertiary/aromatic N) is 1. The number of ether oxygens (including phenoxy) is 1. The number of hydrogen-bond acceptors (Lipinski definition) is 2. The van der Waals surface area contributed by atoms with Crippen LogP contribution in [-0.2, 0) is 11.9 Å². The minimum atomic E-state index is 0.566. The van der Waals surface area contributed by atoms with E-state index in [9.17, 15) is 0 Å². The summed E-state index contributed by atoms with van der Waals surface area (Å²) in [5, 5.41) is 1.98. The lowest BCUT2D eigenvalue weighted by Gasteiger charge is -2.08. The normalized spacial score (nSPS) is 10.7. The minimum Gasteiger partial charge on any atom is -0.489 e. The van der Waals surface area contributed by atoms with Crippen molar-refractivity contribution in [2.45, 2.75) is 11.9 Å². The predicted molar refractivity (Wildman–Crippen MR) is 85.1 cm³/mol. The maximum atomic E-state index is 5.84. The molecule has 0 atom stereocenters. The Hall–Kier alpha value is -1.87. The standard InChI is InChI=1S/C17H14BrNO/c18-11-13-3-1-5-16(10-13)20-12-14-6-7-17-15(9-14)4-2-8-19-17/h1-10H,11-12H2. The Kier molecular flexibility index (Phi) is 3.97. The van der Waals surface area contributed by atoms with Gasteiger partial charge in [0.2, 0.25) is 0 Å². The van der Waals surface area contributed by atoms with Crippen LogP contribution in [0.25, 0.3) is 10.9 Å². The summed E-state index contributed by atoms with van der Waals surface area (Å²) in [5.41, 5.74) is 3.37. The molecule has 1 heterocycles. The lowest BCUT2D eigenvalue weighted by Crippen LogP contribution is -1.96. The van der Waals surface area contributed by atoms with Crippen molar-refractivity contribution < 1.29 is 4.74 Å². The van der Waals surface area contributed by atoms with Crippen LogP contribution in [0, 0.1) is 0 Å². The van der Waals surface area contributed by atoms with E-state index in [1.165, 1.54) is 5.56 Å². The molecule has 2 nitrogen and oxygen atoms in total. The van der Waals surface area contributed by atoms with Gasteiger partial charge in [-0.1, -0.05) is 40.2 Å². The van der Waals surface area contributed by atoms with Crippen LogP contribution in [0.4, 0.5) is 0 Å². The molecule has 20 heavy (non-hydrogen) atoms. The molecule has 0 aliphatic carbocycles. The molecule has 3 aromatic rings. The van der Waals surface area contributed by atoms with Crippen molar-refractivity contribution in [1.82, 2.24) is 4.98 Å². The van der Waals surface area contributed by atoms with E-state index in [4.69, 9.17) is 4.74 Å². The summed E-state index contributed by atoms with van der Waals surface area (Å²) in [4.78, 5) is 4.32. The van der Waals surface area contributed by atoms with Crippen molar-refractivity contribution in [1.29, 1.82) is 0 Å². The first kappa shape index (κ1) is 13.1. The number of fused-ring (bicyclic) bond motifs is 1. The summed E-state index contributed by atoms with van der Waals surface area (Å²) in [6.45, 7) is 0.566. The van der Waals surface area contributed by atoms with E-state index in [1.54, 1.807) is 0 Å². The number of pyridine rings is 1. The van der Waals surface area contributed by atoms with E-state index >= 15 is 0 Å². The Balaban J connectivity index is 1.76. The molecular formula is C17H14BrNO. The third-order valence-electron chi connectivity index (χ3n) is 3.13. The molecular weight excluding hydrogens is 314 g/mol. The first-order chi connectivity index (χ1) is 9.85. The lowest BCUT2D eigenvalue weighted by atomic mass is 10.1. The number of benzene rings is 2. The van der Waals surface area contributed by atoms with Crippen LogP contribution in [0.2, 0.25) is 0 Å². The van der Waals surface area contributed by atoms with Gasteiger partial charge in [0.15, 0.2) is 0 Å². The summed E-state index contributed by atoms with van der Waals surface area (Å²) < 4.78 is 5.84. The van der Waals surface area contributed by atoms with Crippen molar-refractivity contribution in [3.05, 3.63) is 71.9 Å². The Bertz CT molecular complexity index is 727. The van der Waals surface area contributed by atoms with Gasteiger partial charge in [0.1, 0.15) is 12.4 Å². The summed E-state index contributed by atoms with van der Waals surface area (Å²) in [5.74, 6) is 0.897. The van der Waals surface area contributed by atoms with E-state index in [-0.39, 0.29) is 0 Å². The van der Waals surface area contributed by atoms with Gasteiger partial charge in [-0.3, -0.25) is 4.98 Å². The van der Waals surface area contributed by atoms with E-state index in [0.717, 1.165) is 27.5 Å². The SMILES string of the molecule is BrCc1cccc(OCc2ccc3ncccc3c2)c1. The van der Waals surface area contributed by atoms with Crippen LogP contribution < -0.4 is 4.74 Å². The fourth-order valence-corrected chi connectivity index (χ4v) is 2.45. The zero-order valence-corrected chi connectivity index (χ0v) is 12.5. The molecule has 3 rings (SSSR count). The van der Waals surface area contributed by atoms with Gasteiger partial charge >= 0.3 is 0 Å². The zero-order chi connectivity index (χ0) is 13.8. The predicted octanol–water partition coefficient (Wildman–Crippen LogP) is 4.71. The second-order valence-corrected chi connectivity index (χ2v) is 5.16. The van der Waals surface area contributed by atoms with Crippen LogP contribution in [0.5, 0.6) is 5.75 Å². The van der Waals surface area contributed by atoms with Crippen LogP contribution in [0.15, 0.2) is 60.8 Å². The van der Waals surface area contributed by atoms with Crippen LogP contribution >= 0.6 is 15.9 Å². The van der Waals surface area contributed by atoms with Gasteiger partial charge in [-0.05, 0) is 41.5 Å². The summed E-state index contributed by atoms with van der Waals surface area (Å²) in [6, 6.07) is 18.3. The minimum absolute atomic E-state index is 0.566. The van der Waals surface area contributed by atoms with Crippen molar-refractivity contribution in [3.63, 3.8) is 0 Å². The largest absolute Gasteiger partial charge is 0.489 e. The van der Waals surface area contributed by atoms with Gasteiger partial charge in [0.05, 0.1) is 5.52 Å². The van der Waals surface area contributed by atoms with Gasteiger partial charge in [0, 0.05) is 16.9 Å². The molecule has 0 radical (unpaired) electrons. The third-order valence-corrected chi connectivity index (χ3v) is 3.77. The molecule has 0 aliphatic rings. The number of halogens is 1. The monoisotopic (exact) mass is 327 g/mol. The first-order valence-electron chi connectivity index (χ1n) is 6.46. The molecule has 1 aromatic heterocycles. The second-order valence-electron chi connectivity index (χ2n) is 4.60. The number of hydrogen-bond donors (Lipinski definition) is 0. The lowest BCUT2D eigenvalue weighted by molar-refractivity contribution is 0.306. The number of rotatable bonds is 4. The molecule has 0 fully saturated rings. The van der Waals surface area contributed by atoms with Crippen LogP contribution in [0.3, 0.4) is 0 Å². The molecule has 0 amide bonds. The van der Waals surface area contributed by atoms with E-state index in [2.05, 4.69) is 51.2 Å². The average Bonchev–Trinajstić information content (AvgIpc) is 2.53. The van der Waals surface area contributed by atoms with E-state index < -0.39 is 0 Å². The maximum absolute atomic E-state index is 5.84. The highest BCUT2D eigenvalue weighted by Crippen LogP contribution is 2.18. The zero-order valence-electron chi connectivity index (χ0n) is 10.9. The third kappa shape index (κ3) is 2.99. The Morgan fingerprint density at radius 2 is 1.90 bits per heavy atom. The van der Waals surface area contributed by atoms with Crippen molar-refractivity contribution in [3.8, 4) is 5.75 Å². The highest BCUT2D eigenvalue weighted by molar-refractivity contribution is 9.08. The molecule has 0 saturated heterocycles. The highest BCUT2D eigenvalue weighted by atomic mass is 79.9. The highest BCUT2D eigenvalue weighted by Gasteiger charge is 2.00. The van der Waals surface area contributed by atoms with Crippen molar-refractivity contribution in [2.75, 3.05) is 0 Å². The fraction of sp³-hybridized carbons (Fsp3) is 0.118. The van der Waals surface area contributed by atoms with Gasteiger partial charge in [0.25, 0.3) is 0 Å². The van der Waals surface area contributed by atoms with Gasteiger partial charge in [-0.2, -0.15) is 0 Å². The van der Waals surface area contributed by atoms with Gasteiger partial charge in [-0.15, -0.1) is 0 Å². The smallest absolute Gasteiger partial charge is 0.120 e. The first-order valence-corrected chi connectivity index (χ1v) is 7.59. The summed E-state index contributed by atoms with van der Waals surface area (Å²) in [7, 11) is 0. The van der Waals surface area contributed by atoms with Gasteiger partial charge in [-0.25, -0.2) is 0 Å². The number of aromatic nitrogens is 1. The molecule has 0 aliphatic heterocycles. The molecule has 0 bridgehead atoms. The summed E-state index contributed by atoms with van der Waals surface area (Å²) in [6.07, 6.45) is 1.81. The maximum Gasteiger partial charge on any atom is 0.120 e. The topological polar surface area (TPSA) is 22.1 Å². The Morgan fingerprint density at radius 3 is 2.80 bits per heavy atom. The van der Waals surface area contributed by atoms with E-state index in [1.807, 2.05) is 30.5 Å². The quantitative estimate of drug-likeness (QED) is 0.647. The number of alkyl halides is 1. The van der Waals surface area contributed by atoms with Crippen LogP contribution in [-0.4, -0.2) is 4.98 Å². The van der Waals surface area contributed by atoms with E-state index in [0.29, 0.717) is 6.61 Å². The molecule has 2 aromatic carbocycles. The Labute approximate surface area is 126 Å². The van der Waals surface area contributed by atoms with Crippen molar-refractivity contribution >= 4 is 26.8 Å². The molecule has 0 unspecified atom stereocenters. The molecule has 100 valence electrons. The Morgan fingerprint density at radius 1 is 0.950 bits per heavy atom. The molecule has 3 heteroatoms.